The Morgan fingerprint density at radius 3 is 2.90 bits per heavy atom. The molecular weight excluding hydrogens is 258 g/mol. The maximum Gasteiger partial charge on any atom is 0.273 e. The van der Waals surface area contributed by atoms with Crippen molar-refractivity contribution in [2.24, 2.45) is 5.92 Å². The molecule has 0 spiro atoms. The second-order valence-corrected chi connectivity index (χ2v) is 5.51. The summed E-state index contributed by atoms with van der Waals surface area (Å²) in [6.07, 6.45) is 0.963. The molecule has 1 saturated heterocycles. The first-order valence-corrected chi connectivity index (χ1v) is 7.19. The van der Waals surface area contributed by atoms with Crippen LogP contribution in [0, 0.1) is 5.92 Å². The van der Waals surface area contributed by atoms with Crippen molar-refractivity contribution in [1.82, 2.24) is 15.4 Å². The van der Waals surface area contributed by atoms with Gasteiger partial charge in [0.25, 0.3) is 5.91 Å². The summed E-state index contributed by atoms with van der Waals surface area (Å²) >= 11 is 0. The van der Waals surface area contributed by atoms with Gasteiger partial charge in [0, 0.05) is 25.7 Å². The van der Waals surface area contributed by atoms with Crippen LogP contribution in [0.2, 0.25) is 0 Å². The molecule has 0 unspecified atom stereocenters. The van der Waals surface area contributed by atoms with E-state index in [1.54, 1.807) is 6.07 Å². The van der Waals surface area contributed by atoms with Crippen molar-refractivity contribution in [2.45, 2.75) is 26.8 Å². The zero-order chi connectivity index (χ0) is 14.4. The van der Waals surface area contributed by atoms with E-state index in [0.29, 0.717) is 24.7 Å². The van der Waals surface area contributed by atoms with Crippen LogP contribution in [0.1, 0.15) is 36.5 Å². The molecule has 1 N–H and O–H groups in total. The fraction of sp³-hybridized carbons (Fsp3) is 0.714. The second-order valence-electron chi connectivity index (χ2n) is 5.51. The summed E-state index contributed by atoms with van der Waals surface area (Å²) in [4.78, 5) is 14.1. The van der Waals surface area contributed by atoms with Gasteiger partial charge in [-0.2, -0.15) is 0 Å². The van der Waals surface area contributed by atoms with Gasteiger partial charge in [-0.15, -0.1) is 0 Å². The van der Waals surface area contributed by atoms with Gasteiger partial charge >= 0.3 is 0 Å². The lowest BCUT2D eigenvalue weighted by Gasteiger charge is -2.25. The van der Waals surface area contributed by atoms with Gasteiger partial charge in [-0.1, -0.05) is 19.0 Å². The Labute approximate surface area is 119 Å². The normalized spacial score (nSPS) is 16.6. The van der Waals surface area contributed by atoms with Crippen LogP contribution < -0.4 is 5.32 Å². The number of amides is 1. The van der Waals surface area contributed by atoms with Gasteiger partial charge in [0.15, 0.2) is 11.5 Å². The fourth-order valence-corrected chi connectivity index (χ4v) is 2.04. The molecule has 2 rings (SSSR count). The van der Waals surface area contributed by atoms with E-state index < -0.39 is 0 Å². The number of carbonyl (C=O) groups excluding carboxylic acids is 1. The van der Waals surface area contributed by atoms with E-state index in [9.17, 15) is 4.79 Å². The number of nitrogens with one attached hydrogen (secondary N) is 1. The largest absolute Gasteiger partial charge is 0.379 e. The van der Waals surface area contributed by atoms with E-state index >= 15 is 0 Å². The van der Waals surface area contributed by atoms with E-state index in [2.05, 4.69) is 29.2 Å². The number of morpholine rings is 1. The van der Waals surface area contributed by atoms with Crippen molar-refractivity contribution in [3.05, 3.63) is 17.5 Å². The van der Waals surface area contributed by atoms with Gasteiger partial charge in [0.1, 0.15) is 0 Å². The molecule has 0 aliphatic carbocycles. The first-order valence-electron chi connectivity index (χ1n) is 7.19. The van der Waals surface area contributed by atoms with E-state index in [4.69, 9.17) is 9.26 Å². The minimum Gasteiger partial charge on any atom is -0.379 e. The van der Waals surface area contributed by atoms with Crippen LogP contribution >= 0.6 is 0 Å². The number of carbonyl (C=O) groups is 1. The predicted octanol–water partition coefficient (Wildman–Crippen LogP) is 1.28. The Hall–Kier alpha value is -1.40. The number of hydrogen-bond acceptors (Lipinski definition) is 5. The lowest BCUT2D eigenvalue weighted by atomic mass is 10.1. The highest BCUT2D eigenvalue weighted by Gasteiger charge is 2.16. The van der Waals surface area contributed by atoms with Crippen molar-refractivity contribution >= 4 is 5.91 Å². The molecule has 112 valence electrons. The highest BCUT2D eigenvalue weighted by molar-refractivity contribution is 5.92. The highest BCUT2D eigenvalue weighted by atomic mass is 16.5. The van der Waals surface area contributed by atoms with Gasteiger partial charge in [-0.25, -0.2) is 0 Å². The number of nitrogens with zero attached hydrogens (tertiary/aromatic N) is 2. The molecular formula is C14H23N3O3. The smallest absolute Gasteiger partial charge is 0.273 e. The first kappa shape index (κ1) is 15.0. The van der Waals surface area contributed by atoms with Crippen LogP contribution in [0.3, 0.4) is 0 Å². The zero-order valence-electron chi connectivity index (χ0n) is 12.2. The number of aromatic nitrogens is 1. The van der Waals surface area contributed by atoms with Crippen molar-refractivity contribution < 1.29 is 14.1 Å². The van der Waals surface area contributed by atoms with E-state index in [0.717, 1.165) is 38.5 Å². The van der Waals surface area contributed by atoms with Crippen LogP contribution in [0.25, 0.3) is 0 Å². The second kappa shape index (κ2) is 7.40. The molecule has 6 nitrogen and oxygen atoms in total. The molecule has 0 radical (unpaired) electrons. The average Bonchev–Trinajstić information content (AvgIpc) is 2.88. The maximum absolute atomic E-state index is 11.9. The third kappa shape index (κ3) is 4.61. The molecule has 20 heavy (non-hydrogen) atoms. The maximum atomic E-state index is 11.9. The van der Waals surface area contributed by atoms with Gasteiger partial charge in [-0.3, -0.25) is 9.69 Å². The third-order valence-corrected chi connectivity index (χ3v) is 3.28. The Kier molecular flexibility index (Phi) is 5.55. The van der Waals surface area contributed by atoms with Crippen LogP contribution in [0.4, 0.5) is 0 Å². The standard InChI is InChI=1S/C14H23N3O3/c1-11(2)3-4-15-14(18)13-9-12(20-16-13)10-17-5-7-19-8-6-17/h9,11H,3-8,10H2,1-2H3,(H,15,18). The molecule has 0 aromatic carbocycles. The first-order chi connectivity index (χ1) is 9.65. The van der Waals surface area contributed by atoms with Crippen molar-refractivity contribution in [3.8, 4) is 0 Å². The van der Waals surface area contributed by atoms with Crippen LogP contribution in [-0.4, -0.2) is 48.8 Å². The number of hydrogen-bond donors (Lipinski definition) is 1. The summed E-state index contributed by atoms with van der Waals surface area (Å²) in [7, 11) is 0. The SMILES string of the molecule is CC(C)CCNC(=O)c1cc(CN2CCOCC2)on1. The molecule has 1 fully saturated rings. The molecule has 1 aromatic rings. The van der Waals surface area contributed by atoms with Gasteiger partial charge in [0.05, 0.1) is 19.8 Å². The Bertz CT molecular complexity index is 425. The van der Waals surface area contributed by atoms with E-state index in [1.165, 1.54) is 0 Å². The van der Waals surface area contributed by atoms with E-state index in [-0.39, 0.29) is 5.91 Å². The molecule has 0 bridgehead atoms. The quantitative estimate of drug-likeness (QED) is 0.851. The average molecular weight is 281 g/mol. The summed E-state index contributed by atoms with van der Waals surface area (Å²) in [5.74, 6) is 1.13. The molecule has 1 aliphatic rings. The number of ether oxygens (including phenoxy) is 1. The van der Waals surface area contributed by atoms with Crippen LogP contribution in [0.5, 0.6) is 0 Å². The zero-order valence-corrected chi connectivity index (χ0v) is 12.2. The van der Waals surface area contributed by atoms with Crippen LogP contribution in [0.15, 0.2) is 10.6 Å². The van der Waals surface area contributed by atoms with Gasteiger partial charge in [-0.05, 0) is 12.3 Å². The molecule has 0 atom stereocenters. The number of rotatable bonds is 6. The third-order valence-electron chi connectivity index (χ3n) is 3.28. The van der Waals surface area contributed by atoms with Crippen LogP contribution in [-0.2, 0) is 11.3 Å². The highest BCUT2D eigenvalue weighted by Crippen LogP contribution is 2.09. The molecule has 1 amide bonds. The fourth-order valence-electron chi connectivity index (χ4n) is 2.04. The Morgan fingerprint density at radius 1 is 1.45 bits per heavy atom. The monoisotopic (exact) mass is 281 g/mol. The molecule has 2 heterocycles. The summed E-state index contributed by atoms with van der Waals surface area (Å²) in [5.41, 5.74) is 0.358. The summed E-state index contributed by atoms with van der Waals surface area (Å²) < 4.78 is 10.5. The summed E-state index contributed by atoms with van der Waals surface area (Å²) in [6.45, 7) is 8.86. The van der Waals surface area contributed by atoms with Crippen molar-refractivity contribution in [1.29, 1.82) is 0 Å². The lowest BCUT2D eigenvalue weighted by Crippen LogP contribution is -2.35. The minimum absolute atomic E-state index is 0.164. The molecule has 6 heteroatoms. The van der Waals surface area contributed by atoms with E-state index in [1.807, 2.05) is 0 Å². The minimum atomic E-state index is -0.164. The lowest BCUT2D eigenvalue weighted by molar-refractivity contribution is 0.0305. The Morgan fingerprint density at radius 2 is 2.20 bits per heavy atom. The predicted molar refractivity (Wildman–Crippen MR) is 74.4 cm³/mol. The van der Waals surface area contributed by atoms with Gasteiger partial charge < -0.3 is 14.6 Å². The molecule has 1 aliphatic heterocycles. The van der Waals surface area contributed by atoms with Crippen molar-refractivity contribution in [3.63, 3.8) is 0 Å². The molecule has 1 aromatic heterocycles. The summed E-state index contributed by atoms with van der Waals surface area (Å²) in [6, 6.07) is 1.72. The van der Waals surface area contributed by atoms with Crippen molar-refractivity contribution in [2.75, 3.05) is 32.8 Å². The summed E-state index contributed by atoms with van der Waals surface area (Å²) in [5, 5.41) is 6.69. The van der Waals surface area contributed by atoms with Gasteiger partial charge in [0.2, 0.25) is 0 Å². The molecule has 0 saturated carbocycles. The Balaban J connectivity index is 1.80. The topological polar surface area (TPSA) is 67.6 Å².